The van der Waals surface area contributed by atoms with Crippen LogP contribution in [0.1, 0.15) is 29.8 Å². The lowest BCUT2D eigenvalue weighted by Crippen LogP contribution is -2.30. The number of fused-ring (bicyclic) bond motifs is 1. The van der Waals surface area contributed by atoms with Crippen LogP contribution in [0.4, 0.5) is 0 Å². The summed E-state index contributed by atoms with van der Waals surface area (Å²) in [5, 5.41) is 3.31. The van der Waals surface area contributed by atoms with Gasteiger partial charge in [-0.3, -0.25) is 4.79 Å². The molecule has 3 aromatic rings. The smallest absolute Gasteiger partial charge is 0.253 e. The van der Waals surface area contributed by atoms with Crippen molar-refractivity contribution in [3.8, 4) is 11.1 Å². The fourth-order valence-corrected chi connectivity index (χ4v) is 3.71. The van der Waals surface area contributed by atoms with Crippen LogP contribution in [0.2, 0.25) is 0 Å². The first kappa shape index (κ1) is 15.8. The Labute approximate surface area is 141 Å². The number of thiophene rings is 1. The SMILES string of the molecule is CCN(CC)C(=O)c1cc(-c2ccc(C)cc2)c2ccsc2c1. The Hall–Kier alpha value is -2.13. The minimum absolute atomic E-state index is 0.110. The second-order valence-electron chi connectivity index (χ2n) is 5.70. The van der Waals surface area contributed by atoms with Gasteiger partial charge in [-0.15, -0.1) is 11.3 Å². The maximum Gasteiger partial charge on any atom is 0.253 e. The number of carbonyl (C=O) groups excluding carboxylic acids is 1. The summed E-state index contributed by atoms with van der Waals surface area (Å²) in [4.78, 5) is 14.6. The van der Waals surface area contributed by atoms with Gasteiger partial charge in [-0.05, 0) is 55.5 Å². The molecule has 0 fully saturated rings. The van der Waals surface area contributed by atoms with Crippen LogP contribution in [-0.4, -0.2) is 23.9 Å². The van der Waals surface area contributed by atoms with E-state index in [9.17, 15) is 4.79 Å². The zero-order valence-corrected chi connectivity index (χ0v) is 14.6. The Kier molecular flexibility index (Phi) is 4.49. The highest BCUT2D eigenvalue weighted by Gasteiger charge is 2.16. The van der Waals surface area contributed by atoms with Gasteiger partial charge in [-0.1, -0.05) is 29.8 Å². The van der Waals surface area contributed by atoms with Crippen molar-refractivity contribution in [3.05, 3.63) is 59.0 Å². The molecule has 0 bridgehead atoms. The van der Waals surface area contributed by atoms with E-state index in [0.717, 1.165) is 29.8 Å². The van der Waals surface area contributed by atoms with Gasteiger partial charge in [-0.25, -0.2) is 0 Å². The van der Waals surface area contributed by atoms with Gasteiger partial charge in [-0.2, -0.15) is 0 Å². The van der Waals surface area contributed by atoms with Gasteiger partial charge in [0.25, 0.3) is 5.91 Å². The largest absolute Gasteiger partial charge is 0.339 e. The highest BCUT2D eigenvalue weighted by atomic mass is 32.1. The lowest BCUT2D eigenvalue weighted by atomic mass is 9.98. The monoisotopic (exact) mass is 323 g/mol. The molecule has 3 rings (SSSR count). The standard InChI is InChI=1S/C20H21NOS/c1-4-21(5-2)20(22)16-12-18(15-8-6-14(3)7-9-15)17-10-11-23-19(17)13-16/h6-13H,4-5H2,1-3H3. The molecule has 0 saturated carbocycles. The van der Waals surface area contributed by atoms with Crippen LogP contribution in [0.15, 0.2) is 47.8 Å². The lowest BCUT2D eigenvalue weighted by Gasteiger charge is -2.19. The summed E-state index contributed by atoms with van der Waals surface area (Å²) >= 11 is 1.69. The zero-order chi connectivity index (χ0) is 16.4. The molecule has 1 heterocycles. The summed E-state index contributed by atoms with van der Waals surface area (Å²) in [5.74, 6) is 0.110. The van der Waals surface area contributed by atoms with E-state index in [4.69, 9.17) is 0 Å². The third-order valence-corrected chi connectivity index (χ3v) is 5.10. The van der Waals surface area contributed by atoms with E-state index in [1.54, 1.807) is 11.3 Å². The van der Waals surface area contributed by atoms with E-state index in [-0.39, 0.29) is 5.91 Å². The van der Waals surface area contributed by atoms with E-state index in [2.05, 4.69) is 42.6 Å². The van der Waals surface area contributed by atoms with E-state index < -0.39 is 0 Å². The average Bonchev–Trinajstić information content (AvgIpc) is 3.04. The van der Waals surface area contributed by atoms with Crippen molar-refractivity contribution in [1.82, 2.24) is 4.90 Å². The Morgan fingerprint density at radius 2 is 1.74 bits per heavy atom. The van der Waals surface area contributed by atoms with Crippen molar-refractivity contribution in [2.45, 2.75) is 20.8 Å². The van der Waals surface area contributed by atoms with Gasteiger partial charge in [0, 0.05) is 28.7 Å². The maximum absolute atomic E-state index is 12.7. The molecule has 23 heavy (non-hydrogen) atoms. The summed E-state index contributed by atoms with van der Waals surface area (Å²) in [5.41, 5.74) is 4.32. The van der Waals surface area contributed by atoms with Gasteiger partial charge >= 0.3 is 0 Å². The molecule has 0 atom stereocenters. The van der Waals surface area contributed by atoms with E-state index in [0.29, 0.717) is 0 Å². The lowest BCUT2D eigenvalue weighted by molar-refractivity contribution is 0.0773. The molecule has 0 saturated heterocycles. The van der Waals surface area contributed by atoms with E-state index in [1.807, 2.05) is 30.9 Å². The summed E-state index contributed by atoms with van der Waals surface area (Å²) in [6.45, 7) is 7.59. The van der Waals surface area contributed by atoms with Crippen molar-refractivity contribution in [1.29, 1.82) is 0 Å². The first-order valence-electron chi connectivity index (χ1n) is 8.01. The highest BCUT2D eigenvalue weighted by Crippen LogP contribution is 2.33. The summed E-state index contributed by atoms with van der Waals surface area (Å²) < 4.78 is 1.17. The Bertz CT molecular complexity index is 828. The van der Waals surface area contributed by atoms with Crippen molar-refractivity contribution < 1.29 is 4.79 Å². The molecule has 2 aromatic carbocycles. The number of nitrogens with zero attached hydrogens (tertiary/aromatic N) is 1. The molecule has 3 heteroatoms. The molecule has 0 aliphatic rings. The molecule has 1 aromatic heterocycles. The van der Waals surface area contributed by atoms with Crippen LogP contribution in [-0.2, 0) is 0 Å². The molecule has 118 valence electrons. The van der Waals surface area contributed by atoms with Crippen LogP contribution in [0.5, 0.6) is 0 Å². The van der Waals surface area contributed by atoms with Gasteiger partial charge in [0.15, 0.2) is 0 Å². The summed E-state index contributed by atoms with van der Waals surface area (Å²) in [7, 11) is 0. The van der Waals surface area contributed by atoms with Crippen LogP contribution < -0.4 is 0 Å². The van der Waals surface area contributed by atoms with E-state index >= 15 is 0 Å². The van der Waals surface area contributed by atoms with Gasteiger partial charge < -0.3 is 4.90 Å². The van der Waals surface area contributed by atoms with Crippen molar-refractivity contribution in [2.75, 3.05) is 13.1 Å². The molecule has 0 spiro atoms. The van der Waals surface area contributed by atoms with Crippen LogP contribution >= 0.6 is 11.3 Å². The van der Waals surface area contributed by atoms with Gasteiger partial charge in [0.05, 0.1) is 0 Å². The van der Waals surface area contributed by atoms with Crippen LogP contribution in [0.25, 0.3) is 21.2 Å². The van der Waals surface area contributed by atoms with Crippen molar-refractivity contribution in [3.63, 3.8) is 0 Å². The van der Waals surface area contributed by atoms with E-state index in [1.165, 1.54) is 15.6 Å². The second-order valence-corrected chi connectivity index (χ2v) is 6.65. The van der Waals surface area contributed by atoms with Crippen molar-refractivity contribution >= 4 is 27.3 Å². The maximum atomic E-state index is 12.7. The highest BCUT2D eigenvalue weighted by molar-refractivity contribution is 7.17. The second kappa shape index (κ2) is 6.55. The predicted molar refractivity (Wildman–Crippen MR) is 99.2 cm³/mol. The molecule has 0 aliphatic carbocycles. The van der Waals surface area contributed by atoms with Crippen LogP contribution in [0, 0.1) is 6.92 Å². The first-order chi connectivity index (χ1) is 11.1. The van der Waals surface area contributed by atoms with Crippen LogP contribution in [0.3, 0.4) is 0 Å². The topological polar surface area (TPSA) is 20.3 Å². The number of hydrogen-bond donors (Lipinski definition) is 0. The summed E-state index contributed by atoms with van der Waals surface area (Å²) in [6.07, 6.45) is 0. The quantitative estimate of drug-likeness (QED) is 0.633. The number of carbonyl (C=O) groups is 1. The first-order valence-corrected chi connectivity index (χ1v) is 8.89. The molecule has 0 N–H and O–H groups in total. The Balaban J connectivity index is 2.15. The van der Waals surface area contributed by atoms with Crippen molar-refractivity contribution in [2.24, 2.45) is 0 Å². The number of amides is 1. The predicted octanol–water partition coefficient (Wildman–Crippen LogP) is 5.36. The number of hydrogen-bond acceptors (Lipinski definition) is 2. The normalized spacial score (nSPS) is 10.9. The molecule has 0 aliphatic heterocycles. The molecule has 2 nitrogen and oxygen atoms in total. The molecule has 0 unspecified atom stereocenters. The third-order valence-electron chi connectivity index (χ3n) is 4.23. The fraction of sp³-hybridized carbons (Fsp3) is 0.250. The van der Waals surface area contributed by atoms with Gasteiger partial charge in [0.1, 0.15) is 0 Å². The zero-order valence-electron chi connectivity index (χ0n) is 13.8. The average molecular weight is 323 g/mol. The number of aryl methyl sites for hydroxylation is 1. The molecule has 1 amide bonds. The fourth-order valence-electron chi connectivity index (χ4n) is 2.86. The molecular weight excluding hydrogens is 302 g/mol. The Morgan fingerprint density at radius 1 is 1.04 bits per heavy atom. The minimum Gasteiger partial charge on any atom is -0.339 e. The summed E-state index contributed by atoms with van der Waals surface area (Å²) in [6, 6.07) is 14.7. The molecular formula is C20H21NOS. The van der Waals surface area contributed by atoms with Gasteiger partial charge in [0.2, 0.25) is 0 Å². The Morgan fingerprint density at radius 3 is 2.39 bits per heavy atom. The minimum atomic E-state index is 0.110. The molecule has 0 radical (unpaired) electrons. The number of benzene rings is 2. The number of rotatable bonds is 4. The third kappa shape index (κ3) is 3.02.